The number of carbonyl (C=O) groups is 1. The molecule has 2 rings (SSSR count). The maximum atomic E-state index is 12.3. The Morgan fingerprint density at radius 1 is 1.59 bits per heavy atom. The fourth-order valence-electron chi connectivity index (χ4n) is 2.43. The summed E-state index contributed by atoms with van der Waals surface area (Å²) in [5.74, 6) is 0.493. The predicted octanol–water partition coefficient (Wildman–Crippen LogP) is 2.04. The van der Waals surface area contributed by atoms with E-state index in [1.807, 2.05) is 11.9 Å². The van der Waals surface area contributed by atoms with Crippen LogP contribution in [0.15, 0.2) is 12.5 Å². The number of hydrogen-bond acceptors (Lipinski definition) is 2. The number of carbonyl (C=O) groups excluding carboxylic acids is 1. The third-order valence-electron chi connectivity index (χ3n) is 3.28. The van der Waals surface area contributed by atoms with Gasteiger partial charge >= 0.3 is 0 Å². The number of aromatic nitrogens is 2. The Labute approximate surface area is 107 Å². The molecule has 1 aliphatic rings. The van der Waals surface area contributed by atoms with Crippen molar-refractivity contribution >= 4 is 17.5 Å². The van der Waals surface area contributed by atoms with Crippen molar-refractivity contribution in [2.45, 2.75) is 31.7 Å². The topological polar surface area (TPSA) is 38.1 Å². The molecule has 1 aromatic heterocycles. The van der Waals surface area contributed by atoms with E-state index >= 15 is 0 Å². The lowest BCUT2D eigenvalue weighted by atomic mass is 10.2. The summed E-state index contributed by atoms with van der Waals surface area (Å²) in [6.45, 7) is 0.613. The van der Waals surface area contributed by atoms with Crippen LogP contribution in [0.1, 0.15) is 36.2 Å². The van der Waals surface area contributed by atoms with Gasteiger partial charge in [0.1, 0.15) is 5.69 Å². The predicted molar refractivity (Wildman–Crippen MR) is 67.2 cm³/mol. The van der Waals surface area contributed by atoms with Crippen LogP contribution in [-0.4, -0.2) is 38.8 Å². The number of hydrogen-bond donors (Lipinski definition) is 0. The molecule has 0 saturated heterocycles. The lowest BCUT2D eigenvalue weighted by Crippen LogP contribution is -2.40. The molecule has 0 aromatic carbocycles. The van der Waals surface area contributed by atoms with Crippen molar-refractivity contribution < 1.29 is 4.79 Å². The van der Waals surface area contributed by atoms with Gasteiger partial charge in [0.2, 0.25) is 0 Å². The summed E-state index contributed by atoms with van der Waals surface area (Å²) in [6.07, 6.45) is 8.02. The molecule has 94 valence electrons. The van der Waals surface area contributed by atoms with E-state index in [9.17, 15) is 4.79 Å². The smallest absolute Gasteiger partial charge is 0.274 e. The number of amides is 1. The number of nitrogens with zero attached hydrogens (tertiary/aromatic N) is 3. The molecule has 1 fully saturated rings. The molecule has 1 aromatic rings. The van der Waals surface area contributed by atoms with Crippen molar-refractivity contribution in [3.05, 3.63) is 18.2 Å². The number of halogens is 1. The Morgan fingerprint density at radius 2 is 2.29 bits per heavy atom. The van der Waals surface area contributed by atoms with Crippen molar-refractivity contribution in [1.82, 2.24) is 14.5 Å². The average molecular weight is 256 g/mol. The van der Waals surface area contributed by atoms with Gasteiger partial charge in [-0.25, -0.2) is 4.98 Å². The summed E-state index contributed by atoms with van der Waals surface area (Å²) in [7, 11) is 1.87. The maximum absolute atomic E-state index is 12.3. The Hall–Kier alpha value is -1.03. The molecule has 0 atom stereocenters. The Kier molecular flexibility index (Phi) is 4.05. The highest BCUT2D eigenvalue weighted by Crippen LogP contribution is 2.24. The molecule has 0 aliphatic heterocycles. The van der Waals surface area contributed by atoms with Gasteiger partial charge < -0.3 is 9.47 Å². The van der Waals surface area contributed by atoms with E-state index in [0.29, 0.717) is 24.2 Å². The second-order valence-corrected chi connectivity index (χ2v) is 4.93. The van der Waals surface area contributed by atoms with E-state index in [0.717, 1.165) is 12.8 Å². The monoisotopic (exact) mass is 255 g/mol. The van der Waals surface area contributed by atoms with Gasteiger partial charge in [-0.3, -0.25) is 4.79 Å². The van der Waals surface area contributed by atoms with E-state index in [-0.39, 0.29) is 5.91 Å². The van der Waals surface area contributed by atoms with Crippen molar-refractivity contribution in [2.24, 2.45) is 7.05 Å². The molecule has 0 bridgehead atoms. The molecule has 1 heterocycles. The van der Waals surface area contributed by atoms with Gasteiger partial charge in [-0.15, -0.1) is 11.6 Å². The summed E-state index contributed by atoms with van der Waals surface area (Å²) in [4.78, 5) is 18.3. The summed E-state index contributed by atoms with van der Waals surface area (Å²) in [6, 6.07) is 0.350. The first-order valence-electron chi connectivity index (χ1n) is 6.07. The van der Waals surface area contributed by atoms with Crippen LogP contribution in [0.3, 0.4) is 0 Å². The molecular weight excluding hydrogens is 238 g/mol. The van der Waals surface area contributed by atoms with Crippen LogP contribution in [0, 0.1) is 0 Å². The number of rotatable bonds is 4. The van der Waals surface area contributed by atoms with E-state index in [1.165, 1.54) is 12.8 Å². The third-order valence-corrected chi connectivity index (χ3v) is 3.44. The fourth-order valence-corrected chi connectivity index (χ4v) is 2.61. The zero-order valence-corrected chi connectivity index (χ0v) is 10.9. The SMILES string of the molecule is Cn1cnc(C(=O)N(CCCl)C2CCCC2)c1. The van der Waals surface area contributed by atoms with Gasteiger partial charge in [-0.2, -0.15) is 0 Å². The average Bonchev–Trinajstić information content (AvgIpc) is 2.95. The first-order chi connectivity index (χ1) is 8.22. The standard InChI is InChI=1S/C12H18ClN3O/c1-15-8-11(14-9-15)12(17)16(7-6-13)10-4-2-3-5-10/h8-10H,2-7H2,1H3. The second kappa shape index (κ2) is 5.54. The number of alkyl halides is 1. The molecule has 4 nitrogen and oxygen atoms in total. The molecule has 1 saturated carbocycles. The molecule has 1 aliphatic carbocycles. The maximum Gasteiger partial charge on any atom is 0.274 e. The minimum Gasteiger partial charge on any atom is -0.340 e. The van der Waals surface area contributed by atoms with E-state index in [4.69, 9.17) is 11.6 Å². The zero-order valence-electron chi connectivity index (χ0n) is 10.1. The summed E-state index contributed by atoms with van der Waals surface area (Å²) in [5, 5.41) is 0. The van der Waals surface area contributed by atoms with Crippen LogP contribution in [-0.2, 0) is 7.05 Å². The fraction of sp³-hybridized carbons (Fsp3) is 0.667. The molecular formula is C12H18ClN3O. The molecule has 0 N–H and O–H groups in total. The minimum absolute atomic E-state index is 0.0122. The van der Waals surface area contributed by atoms with Crippen LogP contribution >= 0.6 is 11.6 Å². The van der Waals surface area contributed by atoms with Crippen LogP contribution in [0.25, 0.3) is 0 Å². The van der Waals surface area contributed by atoms with Gasteiger partial charge in [0.25, 0.3) is 5.91 Å². The van der Waals surface area contributed by atoms with Gasteiger partial charge in [-0.1, -0.05) is 12.8 Å². The number of aryl methyl sites for hydroxylation is 1. The van der Waals surface area contributed by atoms with Crippen LogP contribution in [0.5, 0.6) is 0 Å². The second-order valence-electron chi connectivity index (χ2n) is 4.55. The number of imidazole rings is 1. The van der Waals surface area contributed by atoms with Crippen LogP contribution < -0.4 is 0 Å². The molecule has 17 heavy (non-hydrogen) atoms. The quantitative estimate of drug-likeness (QED) is 0.773. The molecule has 0 spiro atoms. The van der Waals surface area contributed by atoms with E-state index in [2.05, 4.69) is 4.98 Å². The van der Waals surface area contributed by atoms with Crippen LogP contribution in [0.4, 0.5) is 0 Å². The Balaban J connectivity index is 2.12. The van der Waals surface area contributed by atoms with Gasteiger partial charge in [0.15, 0.2) is 0 Å². The van der Waals surface area contributed by atoms with E-state index in [1.54, 1.807) is 17.1 Å². The highest BCUT2D eigenvalue weighted by atomic mass is 35.5. The molecule has 0 unspecified atom stereocenters. The normalized spacial score (nSPS) is 16.4. The third kappa shape index (κ3) is 2.80. The summed E-state index contributed by atoms with van der Waals surface area (Å²) >= 11 is 5.79. The largest absolute Gasteiger partial charge is 0.340 e. The molecule has 0 radical (unpaired) electrons. The van der Waals surface area contributed by atoms with Crippen molar-refractivity contribution in [3.8, 4) is 0 Å². The van der Waals surface area contributed by atoms with Crippen molar-refractivity contribution in [1.29, 1.82) is 0 Å². The first kappa shape index (κ1) is 12.4. The minimum atomic E-state index is 0.0122. The highest BCUT2D eigenvalue weighted by Gasteiger charge is 2.27. The van der Waals surface area contributed by atoms with Crippen LogP contribution in [0.2, 0.25) is 0 Å². The van der Waals surface area contributed by atoms with Gasteiger partial charge in [0, 0.05) is 31.7 Å². The van der Waals surface area contributed by atoms with Gasteiger partial charge in [0.05, 0.1) is 6.33 Å². The van der Waals surface area contributed by atoms with Crippen molar-refractivity contribution in [3.63, 3.8) is 0 Å². The molecule has 1 amide bonds. The molecule has 5 heteroatoms. The van der Waals surface area contributed by atoms with Crippen molar-refractivity contribution in [2.75, 3.05) is 12.4 Å². The lowest BCUT2D eigenvalue weighted by molar-refractivity contribution is 0.0689. The first-order valence-corrected chi connectivity index (χ1v) is 6.60. The summed E-state index contributed by atoms with van der Waals surface area (Å²) in [5.41, 5.74) is 0.518. The van der Waals surface area contributed by atoms with Gasteiger partial charge in [-0.05, 0) is 12.8 Å². The zero-order chi connectivity index (χ0) is 12.3. The highest BCUT2D eigenvalue weighted by molar-refractivity contribution is 6.18. The summed E-state index contributed by atoms with van der Waals surface area (Å²) < 4.78 is 1.79. The Bertz CT molecular complexity index is 385. The van der Waals surface area contributed by atoms with E-state index < -0.39 is 0 Å². The lowest BCUT2D eigenvalue weighted by Gasteiger charge is -2.27. The Morgan fingerprint density at radius 3 is 2.82 bits per heavy atom.